The molecule has 0 aromatic rings. The Hall–Kier alpha value is -1.36. The van der Waals surface area contributed by atoms with Gasteiger partial charge in [-0.15, -0.1) is 6.58 Å². The van der Waals surface area contributed by atoms with Crippen molar-refractivity contribution in [1.82, 2.24) is 0 Å². The molecule has 0 bridgehead atoms. The van der Waals surface area contributed by atoms with Gasteiger partial charge in [-0.1, -0.05) is 31.8 Å². The van der Waals surface area contributed by atoms with Gasteiger partial charge in [0.1, 0.15) is 6.04 Å². The first-order valence-electron chi connectivity index (χ1n) is 8.54. The van der Waals surface area contributed by atoms with Crippen LogP contribution in [-0.2, 0) is 14.3 Å². The Balaban J connectivity index is 4.02. The molecule has 0 radical (unpaired) electrons. The number of quaternary nitrogens is 1. The molecule has 1 N–H and O–H groups in total. The second-order valence-electron chi connectivity index (χ2n) is 7.05. The average molecular weight is 328 g/mol. The minimum Gasteiger partial charge on any atom is -0.478 e. The highest BCUT2D eigenvalue weighted by Gasteiger charge is 2.37. The van der Waals surface area contributed by atoms with Crippen LogP contribution in [-0.4, -0.2) is 54.8 Å². The van der Waals surface area contributed by atoms with Crippen LogP contribution in [0.3, 0.4) is 0 Å². The quantitative estimate of drug-likeness (QED) is 0.244. The standard InChI is InChI=1S/C18H33NO4/c1-6-7-8-9-10-11-12-13-14-16(20)23-17(18(21)22)15(2)19(3,4)5/h6,15,17H,1,7-14H2,2-5H3/p+1/t15?,17-/m1/s1. The first-order chi connectivity index (χ1) is 10.7. The molecule has 2 atom stereocenters. The van der Waals surface area contributed by atoms with Crippen LogP contribution in [0.5, 0.6) is 0 Å². The fourth-order valence-corrected chi connectivity index (χ4v) is 2.23. The van der Waals surface area contributed by atoms with Crippen LogP contribution in [0.4, 0.5) is 0 Å². The SMILES string of the molecule is C=CCCCCCCCCC(=O)O[C@@H](C(=O)O)C(C)[N+](C)(C)C. The molecule has 5 heteroatoms. The Morgan fingerprint density at radius 3 is 2.09 bits per heavy atom. The molecule has 0 spiro atoms. The summed E-state index contributed by atoms with van der Waals surface area (Å²) in [4.78, 5) is 23.2. The Morgan fingerprint density at radius 2 is 1.61 bits per heavy atom. The number of hydrogen-bond donors (Lipinski definition) is 1. The Bertz CT molecular complexity index is 374. The van der Waals surface area contributed by atoms with E-state index in [0.29, 0.717) is 10.9 Å². The van der Waals surface area contributed by atoms with E-state index in [1.54, 1.807) is 6.92 Å². The average Bonchev–Trinajstić information content (AvgIpc) is 2.45. The molecule has 0 heterocycles. The van der Waals surface area contributed by atoms with Crippen molar-refractivity contribution < 1.29 is 23.9 Å². The molecule has 1 unspecified atom stereocenters. The number of rotatable bonds is 13. The lowest BCUT2D eigenvalue weighted by Gasteiger charge is -2.34. The van der Waals surface area contributed by atoms with E-state index in [1.165, 1.54) is 19.3 Å². The molecule has 0 amide bonds. The number of carbonyl (C=O) groups excluding carboxylic acids is 1. The topological polar surface area (TPSA) is 63.6 Å². The second kappa shape index (κ2) is 11.2. The maximum atomic E-state index is 11.9. The minimum atomic E-state index is -1.10. The normalized spacial score (nSPS) is 14.1. The maximum absolute atomic E-state index is 11.9. The zero-order valence-corrected chi connectivity index (χ0v) is 15.2. The van der Waals surface area contributed by atoms with Crippen LogP contribution in [0.25, 0.3) is 0 Å². The van der Waals surface area contributed by atoms with Gasteiger partial charge in [0, 0.05) is 6.42 Å². The van der Waals surface area contributed by atoms with Crippen molar-refractivity contribution in [2.45, 2.75) is 70.4 Å². The highest BCUT2D eigenvalue weighted by molar-refractivity contribution is 5.78. The number of carbonyl (C=O) groups is 2. The predicted octanol–water partition coefficient (Wildman–Crippen LogP) is 3.38. The van der Waals surface area contributed by atoms with E-state index < -0.39 is 18.0 Å². The third-order valence-corrected chi connectivity index (χ3v) is 4.20. The molecule has 0 saturated heterocycles. The summed E-state index contributed by atoms with van der Waals surface area (Å²) < 4.78 is 5.62. The first kappa shape index (κ1) is 21.6. The van der Waals surface area contributed by atoms with Gasteiger partial charge in [-0.2, -0.15) is 0 Å². The van der Waals surface area contributed by atoms with Crippen molar-refractivity contribution in [3.8, 4) is 0 Å². The number of ether oxygens (including phenoxy) is 1. The highest BCUT2D eigenvalue weighted by atomic mass is 16.6. The molecule has 0 saturated carbocycles. The van der Waals surface area contributed by atoms with Gasteiger partial charge in [0.15, 0.2) is 0 Å². The summed E-state index contributed by atoms with van der Waals surface area (Å²) >= 11 is 0. The zero-order chi connectivity index (χ0) is 17.9. The third-order valence-electron chi connectivity index (χ3n) is 4.20. The highest BCUT2D eigenvalue weighted by Crippen LogP contribution is 2.14. The molecule has 0 aromatic heterocycles. The molecular formula is C18H34NO4+. The first-order valence-corrected chi connectivity index (χ1v) is 8.54. The van der Waals surface area contributed by atoms with Gasteiger partial charge < -0.3 is 14.3 Å². The number of esters is 1. The van der Waals surface area contributed by atoms with Gasteiger partial charge in [0.25, 0.3) is 0 Å². The molecule has 0 aromatic carbocycles. The van der Waals surface area contributed by atoms with Gasteiger partial charge in [0.05, 0.1) is 21.1 Å². The monoisotopic (exact) mass is 328 g/mol. The van der Waals surface area contributed by atoms with Gasteiger partial charge in [-0.05, 0) is 26.2 Å². The molecule has 134 valence electrons. The van der Waals surface area contributed by atoms with E-state index in [9.17, 15) is 14.7 Å². The van der Waals surface area contributed by atoms with Crippen molar-refractivity contribution >= 4 is 11.9 Å². The lowest BCUT2D eigenvalue weighted by molar-refractivity contribution is -0.896. The predicted molar refractivity (Wildman–Crippen MR) is 92.1 cm³/mol. The summed E-state index contributed by atoms with van der Waals surface area (Å²) in [5.41, 5.74) is 0. The number of carboxylic acids is 1. The van der Waals surface area contributed by atoms with E-state index in [1.807, 2.05) is 27.2 Å². The van der Waals surface area contributed by atoms with Crippen LogP contribution < -0.4 is 0 Å². The van der Waals surface area contributed by atoms with Crippen molar-refractivity contribution in [2.75, 3.05) is 21.1 Å². The summed E-state index contributed by atoms with van der Waals surface area (Å²) in [5.74, 6) is -1.49. The Morgan fingerprint density at radius 1 is 1.09 bits per heavy atom. The van der Waals surface area contributed by atoms with Gasteiger partial charge in [0.2, 0.25) is 6.10 Å². The number of nitrogens with zero attached hydrogens (tertiary/aromatic N) is 1. The smallest absolute Gasteiger partial charge is 0.351 e. The molecule has 23 heavy (non-hydrogen) atoms. The number of carboxylic acid groups (broad SMARTS) is 1. The number of aliphatic carboxylic acids is 1. The third kappa shape index (κ3) is 10.1. The molecule has 5 nitrogen and oxygen atoms in total. The van der Waals surface area contributed by atoms with E-state index in [0.717, 1.165) is 25.7 Å². The van der Waals surface area contributed by atoms with Gasteiger partial charge in [-0.25, -0.2) is 4.79 Å². The van der Waals surface area contributed by atoms with Crippen molar-refractivity contribution in [3.05, 3.63) is 12.7 Å². The zero-order valence-electron chi connectivity index (χ0n) is 15.2. The van der Waals surface area contributed by atoms with E-state index in [-0.39, 0.29) is 6.04 Å². The Kier molecular flexibility index (Phi) is 10.6. The fourth-order valence-electron chi connectivity index (χ4n) is 2.23. The van der Waals surface area contributed by atoms with Gasteiger partial charge in [-0.3, -0.25) is 4.79 Å². The summed E-state index contributed by atoms with van der Waals surface area (Å²) in [7, 11) is 5.67. The van der Waals surface area contributed by atoms with Crippen molar-refractivity contribution in [2.24, 2.45) is 0 Å². The largest absolute Gasteiger partial charge is 0.478 e. The van der Waals surface area contributed by atoms with Crippen LogP contribution in [0.1, 0.15) is 58.3 Å². The van der Waals surface area contributed by atoms with Gasteiger partial charge >= 0.3 is 11.9 Å². The number of hydrogen-bond acceptors (Lipinski definition) is 3. The Labute approximate surface area is 140 Å². The number of likely N-dealkylation sites (N-methyl/N-ethyl adjacent to an activating group) is 1. The lowest BCUT2D eigenvalue weighted by Crippen LogP contribution is -2.53. The minimum absolute atomic E-state index is 0.292. The van der Waals surface area contributed by atoms with Crippen LogP contribution in [0.15, 0.2) is 12.7 Å². The molecule has 0 aliphatic heterocycles. The maximum Gasteiger partial charge on any atom is 0.351 e. The summed E-state index contributed by atoms with van der Waals surface area (Å²) in [5, 5.41) is 9.27. The van der Waals surface area contributed by atoms with Crippen LogP contribution in [0, 0.1) is 0 Å². The summed E-state index contributed by atoms with van der Waals surface area (Å²) in [6.07, 6.45) is 8.56. The molecule has 0 aliphatic carbocycles. The number of allylic oxidation sites excluding steroid dienone is 1. The van der Waals surface area contributed by atoms with E-state index >= 15 is 0 Å². The molecule has 0 aliphatic rings. The van der Waals surface area contributed by atoms with E-state index in [4.69, 9.17) is 4.74 Å². The summed E-state index contributed by atoms with van der Waals surface area (Å²) in [6, 6.07) is -0.304. The van der Waals surface area contributed by atoms with Crippen LogP contribution >= 0.6 is 0 Å². The van der Waals surface area contributed by atoms with Crippen molar-refractivity contribution in [3.63, 3.8) is 0 Å². The fraction of sp³-hybridized carbons (Fsp3) is 0.778. The number of unbranched alkanes of at least 4 members (excludes halogenated alkanes) is 6. The van der Waals surface area contributed by atoms with E-state index in [2.05, 4.69) is 6.58 Å². The van der Waals surface area contributed by atoms with Crippen molar-refractivity contribution in [1.29, 1.82) is 0 Å². The molecule has 0 fully saturated rings. The molecular weight excluding hydrogens is 294 g/mol. The molecule has 0 rings (SSSR count). The van der Waals surface area contributed by atoms with Crippen LogP contribution in [0.2, 0.25) is 0 Å². The summed E-state index contributed by atoms with van der Waals surface area (Å²) in [6.45, 7) is 5.48. The second-order valence-corrected chi connectivity index (χ2v) is 7.05. The lowest BCUT2D eigenvalue weighted by atomic mass is 10.1.